The standard InChI is InChI=1S/C16H17Cl2NOS/c17-13-5-6-15(18)16(10-13)21-8-2-7-20-14-4-1-3-12(9-14)11-19/h1,3-6,9-10H,2,7-8,11,19H2. The third-order valence-corrected chi connectivity index (χ3v) is 4.66. The first kappa shape index (κ1) is 16.5. The quantitative estimate of drug-likeness (QED) is 0.567. The van der Waals surface area contributed by atoms with Gasteiger partial charge in [0.1, 0.15) is 5.75 Å². The van der Waals surface area contributed by atoms with Crippen molar-refractivity contribution in [1.82, 2.24) is 0 Å². The lowest BCUT2D eigenvalue weighted by Crippen LogP contribution is -2.00. The van der Waals surface area contributed by atoms with Gasteiger partial charge in [0.15, 0.2) is 0 Å². The minimum Gasteiger partial charge on any atom is -0.494 e. The van der Waals surface area contributed by atoms with Gasteiger partial charge in [-0.3, -0.25) is 0 Å². The molecule has 0 aliphatic rings. The summed E-state index contributed by atoms with van der Waals surface area (Å²) in [5.74, 6) is 1.79. The van der Waals surface area contributed by atoms with Gasteiger partial charge in [0.05, 0.1) is 11.6 Å². The Labute approximate surface area is 139 Å². The summed E-state index contributed by atoms with van der Waals surface area (Å²) >= 11 is 13.8. The second-order valence-corrected chi connectivity index (χ2v) is 6.46. The van der Waals surface area contributed by atoms with E-state index in [4.69, 9.17) is 33.7 Å². The fourth-order valence-corrected chi connectivity index (χ4v) is 3.20. The van der Waals surface area contributed by atoms with Crippen LogP contribution in [0.2, 0.25) is 10.0 Å². The van der Waals surface area contributed by atoms with Gasteiger partial charge in [-0.1, -0.05) is 35.3 Å². The molecule has 5 heteroatoms. The van der Waals surface area contributed by atoms with Crippen molar-refractivity contribution in [3.63, 3.8) is 0 Å². The fraction of sp³-hybridized carbons (Fsp3) is 0.250. The average molecular weight is 342 g/mol. The van der Waals surface area contributed by atoms with Gasteiger partial charge in [-0.05, 0) is 42.3 Å². The Morgan fingerprint density at radius 1 is 1.10 bits per heavy atom. The summed E-state index contributed by atoms with van der Waals surface area (Å²) in [6.45, 7) is 1.19. The Kier molecular flexibility index (Phi) is 6.71. The van der Waals surface area contributed by atoms with Gasteiger partial charge in [-0.25, -0.2) is 0 Å². The van der Waals surface area contributed by atoms with Crippen molar-refractivity contribution in [2.75, 3.05) is 12.4 Å². The molecule has 0 aliphatic carbocycles. The van der Waals surface area contributed by atoms with Crippen molar-refractivity contribution in [3.05, 3.63) is 58.1 Å². The van der Waals surface area contributed by atoms with Crippen LogP contribution in [-0.4, -0.2) is 12.4 Å². The SMILES string of the molecule is NCc1cccc(OCCCSc2cc(Cl)ccc2Cl)c1. The van der Waals surface area contributed by atoms with Crippen LogP contribution < -0.4 is 10.5 Å². The number of thioether (sulfide) groups is 1. The van der Waals surface area contributed by atoms with Crippen LogP contribution in [0.1, 0.15) is 12.0 Å². The summed E-state index contributed by atoms with van der Waals surface area (Å²) in [5.41, 5.74) is 6.68. The Hall–Kier alpha value is -0.870. The number of hydrogen-bond acceptors (Lipinski definition) is 3. The highest BCUT2D eigenvalue weighted by Crippen LogP contribution is 2.30. The molecule has 0 atom stereocenters. The van der Waals surface area contributed by atoms with Gasteiger partial charge >= 0.3 is 0 Å². The van der Waals surface area contributed by atoms with Crippen LogP contribution in [0.15, 0.2) is 47.4 Å². The molecule has 2 nitrogen and oxygen atoms in total. The van der Waals surface area contributed by atoms with Gasteiger partial charge in [0, 0.05) is 22.2 Å². The second kappa shape index (κ2) is 8.54. The van der Waals surface area contributed by atoms with E-state index in [0.717, 1.165) is 33.4 Å². The van der Waals surface area contributed by atoms with Crippen LogP contribution in [0.4, 0.5) is 0 Å². The maximum absolute atomic E-state index is 6.12. The van der Waals surface area contributed by atoms with Crippen LogP contribution in [0.5, 0.6) is 5.75 Å². The molecule has 0 heterocycles. The van der Waals surface area contributed by atoms with E-state index in [1.165, 1.54) is 0 Å². The van der Waals surface area contributed by atoms with Gasteiger partial charge in [-0.2, -0.15) is 0 Å². The van der Waals surface area contributed by atoms with Crippen LogP contribution >= 0.6 is 35.0 Å². The van der Waals surface area contributed by atoms with E-state index < -0.39 is 0 Å². The molecule has 0 aromatic heterocycles. The van der Waals surface area contributed by atoms with E-state index in [0.29, 0.717) is 18.2 Å². The minimum atomic E-state index is 0.528. The number of rotatable bonds is 7. The van der Waals surface area contributed by atoms with E-state index >= 15 is 0 Å². The Morgan fingerprint density at radius 2 is 1.95 bits per heavy atom. The van der Waals surface area contributed by atoms with E-state index in [-0.39, 0.29) is 0 Å². The molecule has 2 aromatic rings. The van der Waals surface area contributed by atoms with Crippen LogP contribution in [0, 0.1) is 0 Å². The third-order valence-electron chi connectivity index (χ3n) is 2.84. The molecule has 2 aromatic carbocycles. The summed E-state index contributed by atoms with van der Waals surface area (Å²) in [4.78, 5) is 1.01. The highest BCUT2D eigenvalue weighted by molar-refractivity contribution is 7.99. The topological polar surface area (TPSA) is 35.2 Å². The van der Waals surface area contributed by atoms with Crippen molar-refractivity contribution < 1.29 is 4.74 Å². The molecule has 0 amide bonds. The zero-order chi connectivity index (χ0) is 15.1. The van der Waals surface area contributed by atoms with Crippen LogP contribution in [0.3, 0.4) is 0 Å². The number of hydrogen-bond donors (Lipinski definition) is 1. The molecule has 0 unspecified atom stereocenters. The first-order chi connectivity index (χ1) is 10.2. The predicted octanol–water partition coefficient (Wildman–Crippen LogP) is 5.01. The molecule has 0 saturated heterocycles. The Balaban J connectivity index is 1.73. The maximum atomic E-state index is 6.12. The van der Waals surface area contributed by atoms with E-state index in [2.05, 4.69) is 0 Å². The summed E-state index contributed by atoms with van der Waals surface area (Å²) in [6, 6.07) is 13.4. The zero-order valence-corrected chi connectivity index (χ0v) is 13.8. The average Bonchev–Trinajstić information content (AvgIpc) is 2.50. The zero-order valence-electron chi connectivity index (χ0n) is 11.5. The molecule has 0 bridgehead atoms. The second-order valence-electron chi connectivity index (χ2n) is 4.48. The minimum absolute atomic E-state index is 0.528. The number of halogens is 2. The summed E-state index contributed by atoms with van der Waals surface area (Å²) in [5, 5.41) is 1.44. The largest absolute Gasteiger partial charge is 0.494 e. The van der Waals surface area contributed by atoms with Crippen LogP contribution in [-0.2, 0) is 6.54 Å². The number of ether oxygens (including phenoxy) is 1. The monoisotopic (exact) mass is 341 g/mol. The molecule has 0 aliphatic heterocycles. The molecular formula is C16H17Cl2NOS. The van der Waals surface area contributed by atoms with Crippen molar-refractivity contribution in [3.8, 4) is 5.75 Å². The molecule has 21 heavy (non-hydrogen) atoms. The van der Waals surface area contributed by atoms with Crippen molar-refractivity contribution >= 4 is 35.0 Å². The van der Waals surface area contributed by atoms with Gasteiger partial charge in [0.2, 0.25) is 0 Å². The summed E-state index contributed by atoms with van der Waals surface area (Å²) in [7, 11) is 0. The molecular weight excluding hydrogens is 325 g/mol. The highest BCUT2D eigenvalue weighted by Gasteiger charge is 2.02. The van der Waals surface area contributed by atoms with Gasteiger partial charge in [-0.15, -0.1) is 11.8 Å². The van der Waals surface area contributed by atoms with E-state index in [1.807, 2.05) is 36.4 Å². The first-order valence-corrected chi connectivity index (χ1v) is 8.43. The lowest BCUT2D eigenvalue weighted by Gasteiger charge is -2.08. The fourth-order valence-electron chi connectivity index (χ4n) is 1.78. The van der Waals surface area contributed by atoms with Gasteiger partial charge < -0.3 is 10.5 Å². The maximum Gasteiger partial charge on any atom is 0.119 e. The predicted molar refractivity (Wildman–Crippen MR) is 91.6 cm³/mol. The van der Waals surface area contributed by atoms with E-state index in [9.17, 15) is 0 Å². The lowest BCUT2D eigenvalue weighted by atomic mass is 10.2. The van der Waals surface area contributed by atoms with Gasteiger partial charge in [0.25, 0.3) is 0 Å². The number of benzene rings is 2. The Bertz CT molecular complexity index is 592. The Morgan fingerprint density at radius 3 is 2.76 bits per heavy atom. The summed E-state index contributed by atoms with van der Waals surface area (Å²) < 4.78 is 5.71. The molecule has 0 fully saturated rings. The summed E-state index contributed by atoms with van der Waals surface area (Å²) in [6.07, 6.45) is 0.931. The molecule has 112 valence electrons. The van der Waals surface area contributed by atoms with Crippen molar-refractivity contribution in [2.24, 2.45) is 5.73 Å². The smallest absolute Gasteiger partial charge is 0.119 e. The van der Waals surface area contributed by atoms with Crippen molar-refractivity contribution in [1.29, 1.82) is 0 Å². The molecule has 2 rings (SSSR count). The molecule has 0 saturated carbocycles. The van der Waals surface area contributed by atoms with Crippen LogP contribution in [0.25, 0.3) is 0 Å². The highest BCUT2D eigenvalue weighted by atomic mass is 35.5. The molecule has 0 spiro atoms. The van der Waals surface area contributed by atoms with Crippen molar-refractivity contribution in [2.45, 2.75) is 17.9 Å². The normalized spacial score (nSPS) is 10.6. The third kappa shape index (κ3) is 5.44. The number of nitrogens with two attached hydrogens (primary N) is 1. The molecule has 2 N–H and O–H groups in total. The van der Waals surface area contributed by atoms with E-state index in [1.54, 1.807) is 17.8 Å². The molecule has 0 radical (unpaired) electrons. The lowest BCUT2D eigenvalue weighted by molar-refractivity contribution is 0.318. The first-order valence-electron chi connectivity index (χ1n) is 6.68.